The lowest BCUT2D eigenvalue weighted by atomic mass is 10.2. The Morgan fingerprint density at radius 3 is 2.88 bits per heavy atom. The van der Waals surface area contributed by atoms with Crippen LogP contribution >= 0.6 is 23.1 Å². The Kier molecular flexibility index (Phi) is 3.75. The van der Waals surface area contributed by atoms with Crippen molar-refractivity contribution < 1.29 is 9.90 Å². The SMILES string of the molecule is Cc1csc(SCc2ccc(C(=O)O)cn2)n1. The van der Waals surface area contributed by atoms with Gasteiger partial charge in [0.1, 0.15) is 4.34 Å². The summed E-state index contributed by atoms with van der Waals surface area (Å²) in [6, 6.07) is 3.30. The second-order valence-corrected chi connectivity index (χ2v) is 5.47. The molecule has 0 bridgehead atoms. The first kappa shape index (κ1) is 12.1. The minimum absolute atomic E-state index is 0.212. The summed E-state index contributed by atoms with van der Waals surface area (Å²) in [6.45, 7) is 1.96. The third-order valence-electron chi connectivity index (χ3n) is 2.01. The molecule has 6 heteroatoms. The molecular formula is C11H10N2O2S2. The Balaban J connectivity index is 1.97. The zero-order valence-electron chi connectivity index (χ0n) is 9.08. The number of aromatic carboxylic acids is 1. The van der Waals surface area contributed by atoms with Crippen LogP contribution in [0.15, 0.2) is 28.0 Å². The maximum absolute atomic E-state index is 10.6. The van der Waals surface area contributed by atoms with Crippen LogP contribution in [0, 0.1) is 6.92 Å². The van der Waals surface area contributed by atoms with E-state index in [0.717, 1.165) is 15.7 Å². The Hall–Kier alpha value is -1.40. The minimum Gasteiger partial charge on any atom is -0.478 e. The van der Waals surface area contributed by atoms with Crippen LogP contribution in [0.1, 0.15) is 21.7 Å². The molecule has 2 aromatic heterocycles. The normalized spacial score (nSPS) is 10.4. The molecule has 88 valence electrons. The van der Waals surface area contributed by atoms with Crippen molar-refractivity contribution in [2.45, 2.75) is 17.0 Å². The number of hydrogen-bond donors (Lipinski definition) is 1. The number of thiazole rings is 1. The van der Waals surface area contributed by atoms with Gasteiger partial charge in [-0.3, -0.25) is 4.98 Å². The fourth-order valence-electron chi connectivity index (χ4n) is 1.17. The molecule has 0 saturated heterocycles. The van der Waals surface area contributed by atoms with Crippen molar-refractivity contribution >= 4 is 29.1 Å². The van der Waals surface area contributed by atoms with Crippen molar-refractivity contribution in [3.63, 3.8) is 0 Å². The zero-order valence-corrected chi connectivity index (χ0v) is 10.7. The molecule has 0 amide bonds. The summed E-state index contributed by atoms with van der Waals surface area (Å²) in [4.78, 5) is 19.1. The van der Waals surface area contributed by atoms with Crippen molar-refractivity contribution in [2.24, 2.45) is 0 Å². The molecule has 0 atom stereocenters. The summed E-state index contributed by atoms with van der Waals surface area (Å²) in [5.74, 6) is -0.250. The lowest BCUT2D eigenvalue weighted by Gasteiger charge is -1.99. The van der Waals surface area contributed by atoms with E-state index >= 15 is 0 Å². The average Bonchev–Trinajstić information content (AvgIpc) is 2.73. The molecule has 0 radical (unpaired) electrons. The first-order valence-electron chi connectivity index (χ1n) is 4.88. The third kappa shape index (κ3) is 3.28. The number of pyridine rings is 1. The maximum atomic E-state index is 10.6. The molecule has 2 heterocycles. The topological polar surface area (TPSA) is 63.1 Å². The van der Waals surface area contributed by atoms with E-state index in [2.05, 4.69) is 9.97 Å². The molecule has 0 aromatic carbocycles. The van der Waals surface area contributed by atoms with E-state index in [4.69, 9.17) is 5.11 Å². The monoisotopic (exact) mass is 266 g/mol. The molecule has 0 saturated carbocycles. The molecule has 0 aliphatic carbocycles. The van der Waals surface area contributed by atoms with E-state index in [-0.39, 0.29) is 5.56 Å². The van der Waals surface area contributed by atoms with Crippen molar-refractivity contribution in [3.8, 4) is 0 Å². The van der Waals surface area contributed by atoms with Crippen LogP contribution in [0.3, 0.4) is 0 Å². The van der Waals surface area contributed by atoms with E-state index in [1.54, 1.807) is 35.2 Å². The van der Waals surface area contributed by atoms with E-state index < -0.39 is 5.97 Å². The fraction of sp³-hybridized carbons (Fsp3) is 0.182. The lowest BCUT2D eigenvalue weighted by Crippen LogP contribution is -1.97. The predicted molar refractivity (Wildman–Crippen MR) is 67.6 cm³/mol. The number of carboxylic acid groups (broad SMARTS) is 1. The molecule has 0 aliphatic heterocycles. The number of aryl methyl sites for hydroxylation is 1. The van der Waals surface area contributed by atoms with Crippen molar-refractivity contribution in [1.29, 1.82) is 0 Å². The summed E-state index contributed by atoms with van der Waals surface area (Å²) in [7, 11) is 0. The van der Waals surface area contributed by atoms with Gasteiger partial charge < -0.3 is 5.11 Å². The molecule has 4 nitrogen and oxygen atoms in total. The van der Waals surface area contributed by atoms with Crippen LogP contribution in [-0.4, -0.2) is 21.0 Å². The first-order valence-corrected chi connectivity index (χ1v) is 6.75. The second kappa shape index (κ2) is 5.29. The number of rotatable bonds is 4. The van der Waals surface area contributed by atoms with Crippen molar-refractivity contribution in [3.05, 3.63) is 40.7 Å². The van der Waals surface area contributed by atoms with Crippen LogP contribution < -0.4 is 0 Å². The van der Waals surface area contributed by atoms with Gasteiger partial charge in [0, 0.05) is 23.0 Å². The van der Waals surface area contributed by atoms with Gasteiger partial charge in [0.2, 0.25) is 0 Å². The van der Waals surface area contributed by atoms with Gasteiger partial charge in [0.15, 0.2) is 0 Å². The van der Waals surface area contributed by atoms with Crippen LogP contribution in [0.5, 0.6) is 0 Å². The van der Waals surface area contributed by atoms with E-state index in [1.807, 2.05) is 12.3 Å². The highest BCUT2D eigenvalue weighted by Gasteiger charge is 2.04. The van der Waals surface area contributed by atoms with Gasteiger partial charge in [-0.2, -0.15) is 0 Å². The first-order chi connectivity index (χ1) is 8.15. The molecule has 2 rings (SSSR count). The molecule has 0 unspecified atom stereocenters. The van der Waals surface area contributed by atoms with E-state index in [1.165, 1.54) is 6.20 Å². The van der Waals surface area contributed by atoms with Crippen molar-refractivity contribution in [2.75, 3.05) is 0 Å². The summed E-state index contributed by atoms with van der Waals surface area (Å²) in [5, 5.41) is 10.7. The highest BCUT2D eigenvalue weighted by molar-refractivity contribution is 8.00. The smallest absolute Gasteiger partial charge is 0.337 e. The maximum Gasteiger partial charge on any atom is 0.337 e. The molecule has 17 heavy (non-hydrogen) atoms. The number of carboxylic acids is 1. The molecule has 0 spiro atoms. The number of hydrogen-bond acceptors (Lipinski definition) is 5. The Bertz CT molecular complexity index is 523. The summed E-state index contributed by atoms with van der Waals surface area (Å²) < 4.78 is 1.01. The predicted octanol–water partition coefficient (Wildman–Crippen LogP) is 2.84. The molecular weight excluding hydrogens is 256 g/mol. The third-order valence-corrected chi connectivity index (χ3v) is 4.19. The molecule has 0 aliphatic rings. The summed E-state index contributed by atoms with van der Waals surface area (Å²) >= 11 is 3.21. The highest BCUT2D eigenvalue weighted by atomic mass is 32.2. The Morgan fingerprint density at radius 2 is 2.35 bits per heavy atom. The fourth-order valence-corrected chi connectivity index (χ4v) is 2.94. The molecule has 0 fully saturated rings. The minimum atomic E-state index is -0.952. The van der Waals surface area contributed by atoms with Gasteiger partial charge in [-0.15, -0.1) is 11.3 Å². The van der Waals surface area contributed by atoms with Crippen LogP contribution in [0.2, 0.25) is 0 Å². The number of aromatic nitrogens is 2. The zero-order chi connectivity index (χ0) is 12.3. The van der Waals surface area contributed by atoms with Crippen LogP contribution in [-0.2, 0) is 5.75 Å². The van der Waals surface area contributed by atoms with Gasteiger partial charge >= 0.3 is 5.97 Å². The van der Waals surface area contributed by atoms with Crippen LogP contribution in [0.25, 0.3) is 0 Å². The average molecular weight is 266 g/mol. The van der Waals surface area contributed by atoms with Gasteiger partial charge in [-0.1, -0.05) is 11.8 Å². The summed E-state index contributed by atoms with van der Waals surface area (Å²) in [5.41, 5.74) is 2.09. The van der Waals surface area contributed by atoms with Gasteiger partial charge in [0.05, 0.1) is 11.3 Å². The van der Waals surface area contributed by atoms with Gasteiger partial charge in [-0.05, 0) is 19.1 Å². The Morgan fingerprint density at radius 1 is 1.53 bits per heavy atom. The second-order valence-electron chi connectivity index (χ2n) is 3.39. The van der Waals surface area contributed by atoms with E-state index in [0.29, 0.717) is 5.75 Å². The van der Waals surface area contributed by atoms with Crippen LogP contribution in [0.4, 0.5) is 0 Å². The standard InChI is InChI=1S/C11H10N2O2S2/c1-7-5-16-11(13-7)17-6-9-3-2-8(4-12-9)10(14)15/h2-5H,6H2,1H3,(H,14,15). The Labute approximate surface area is 107 Å². The largest absolute Gasteiger partial charge is 0.478 e. The number of carbonyl (C=O) groups is 1. The summed E-state index contributed by atoms with van der Waals surface area (Å²) in [6.07, 6.45) is 1.38. The van der Waals surface area contributed by atoms with E-state index in [9.17, 15) is 4.79 Å². The molecule has 1 N–H and O–H groups in total. The van der Waals surface area contributed by atoms with Gasteiger partial charge in [0.25, 0.3) is 0 Å². The van der Waals surface area contributed by atoms with Crippen molar-refractivity contribution in [1.82, 2.24) is 9.97 Å². The highest BCUT2D eigenvalue weighted by Crippen LogP contribution is 2.25. The van der Waals surface area contributed by atoms with Gasteiger partial charge in [-0.25, -0.2) is 9.78 Å². The quantitative estimate of drug-likeness (QED) is 0.862. The number of nitrogens with zero attached hydrogens (tertiary/aromatic N) is 2. The molecule has 2 aromatic rings. The lowest BCUT2D eigenvalue weighted by molar-refractivity contribution is 0.0696. The number of thioether (sulfide) groups is 1.